The van der Waals surface area contributed by atoms with Gasteiger partial charge in [-0.05, 0) is 31.6 Å². The largest absolute Gasteiger partial charge is 0.325 e. The monoisotopic (exact) mass is 360 g/mol. The van der Waals surface area contributed by atoms with Crippen LogP contribution in [0.4, 0.5) is 4.79 Å². The number of amides is 4. The van der Waals surface area contributed by atoms with E-state index in [1.54, 1.807) is 7.05 Å². The third-order valence-electron chi connectivity index (χ3n) is 6.70. The number of hydrogen-bond acceptors (Lipinski definition) is 4. The summed E-state index contributed by atoms with van der Waals surface area (Å²) in [5.74, 6) is -0.571. The Morgan fingerprint density at radius 3 is 2.50 bits per heavy atom. The van der Waals surface area contributed by atoms with Gasteiger partial charge < -0.3 is 10.2 Å². The molecule has 4 amide bonds. The first kappa shape index (κ1) is 18.7. The number of rotatable bonds is 3. The van der Waals surface area contributed by atoms with E-state index in [2.05, 4.69) is 11.4 Å². The molecule has 0 aromatic heterocycles. The fourth-order valence-electron chi connectivity index (χ4n) is 4.78. The van der Waals surface area contributed by atoms with Crippen molar-refractivity contribution in [2.24, 2.45) is 5.92 Å². The minimum atomic E-state index is -0.855. The molecule has 3 aliphatic rings. The highest BCUT2D eigenvalue weighted by Crippen LogP contribution is 2.38. The van der Waals surface area contributed by atoms with E-state index in [-0.39, 0.29) is 24.3 Å². The minimum absolute atomic E-state index is 0.0642. The van der Waals surface area contributed by atoms with Crippen molar-refractivity contribution in [2.45, 2.75) is 75.8 Å². The molecular weight excluding hydrogens is 332 g/mol. The van der Waals surface area contributed by atoms with Crippen LogP contribution in [-0.4, -0.2) is 52.3 Å². The van der Waals surface area contributed by atoms with Crippen molar-refractivity contribution < 1.29 is 14.4 Å². The van der Waals surface area contributed by atoms with Crippen LogP contribution in [0.5, 0.6) is 0 Å². The molecule has 1 heterocycles. The fourth-order valence-corrected chi connectivity index (χ4v) is 4.78. The summed E-state index contributed by atoms with van der Waals surface area (Å²) in [7, 11) is 1.62. The second-order valence-electron chi connectivity index (χ2n) is 8.10. The number of carbonyl (C=O) groups is 3. The van der Waals surface area contributed by atoms with Crippen molar-refractivity contribution in [1.82, 2.24) is 15.1 Å². The summed E-state index contributed by atoms with van der Waals surface area (Å²) in [6.45, 7) is 1.69. The Bertz CT molecular complexity index is 650. The molecule has 2 saturated carbocycles. The molecule has 3 rings (SSSR count). The lowest BCUT2D eigenvalue weighted by Crippen LogP contribution is -2.55. The lowest BCUT2D eigenvalue weighted by atomic mass is 9.73. The Morgan fingerprint density at radius 1 is 1.23 bits per heavy atom. The zero-order valence-corrected chi connectivity index (χ0v) is 15.7. The fraction of sp³-hybridized carbons (Fsp3) is 0.789. The summed E-state index contributed by atoms with van der Waals surface area (Å²) in [4.78, 5) is 40.8. The van der Waals surface area contributed by atoms with Gasteiger partial charge in [-0.3, -0.25) is 14.5 Å². The van der Waals surface area contributed by atoms with Gasteiger partial charge in [0.1, 0.15) is 17.6 Å². The maximum Gasteiger partial charge on any atom is 0.325 e. The predicted octanol–water partition coefficient (Wildman–Crippen LogP) is 2.17. The molecule has 1 saturated heterocycles. The molecule has 7 nitrogen and oxygen atoms in total. The topological polar surface area (TPSA) is 93.5 Å². The molecular formula is C19H28N4O3. The summed E-state index contributed by atoms with van der Waals surface area (Å²) in [6.07, 6.45) is 7.66. The van der Waals surface area contributed by atoms with Gasteiger partial charge in [-0.15, -0.1) is 0 Å². The highest BCUT2D eigenvalue weighted by molar-refractivity contribution is 6.09. The summed E-state index contributed by atoms with van der Waals surface area (Å²) in [5.41, 5.74) is -1.67. The second kappa shape index (κ2) is 6.90. The van der Waals surface area contributed by atoms with Gasteiger partial charge in [-0.25, -0.2) is 4.79 Å². The number of hydrogen-bond donors (Lipinski definition) is 1. The third kappa shape index (κ3) is 2.85. The minimum Gasteiger partial charge on any atom is -0.325 e. The molecule has 3 fully saturated rings. The molecule has 26 heavy (non-hydrogen) atoms. The van der Waals surface area contributed by atoms with E-state index < -0.39 is 17.1 Å². The van der Waals surface area contributed by atoms with Crippen molar-refractivity contribution in [3.05, 3.63) is 0 Å². The van der Waals surface area contributed by atoms with Gasteiger partial charge in [0.05, 0.1) is 6.07 Å². The molecule has 7 heteroatoms. The highest BCUT2D eigenvalue weighted by Gasteiger charge is 2.55. The molecule has 1 N–H and O–H groups in total. The molecule has 142 valence electrons. The van der Waals surface area contributed by atoms with Crippen molar-refractivity contribution >= 4 is 17.8 Å². The van der Waals surface area contributed by atoms with Crippen LogP contribution in [0, 0.1) is 17.2 Å². The maximum atomic E-state index is 13.0. The average molecular weight is 360 g/mol. The molecule has 0 bridgehead atoms. The third-order valence-corrected chi connectivity index (χ3v) is 6.70. The van der Waals surface area contributed by atoms with Crippen LogP contribution in [-0.2, 0) is 9.59 Å². The first-order valence-corrected chi connectivity index (χ1v) is 9.68. The number of urea groups is 1. The number of imide groups is 1. The molecule has 2 aliphatic carbocycles. The van der Waals surface area contributed by atoms with Crippen LogP contribution in [0.25, 0.3) is 0 Å². The Morgan fingerprint density at radius 2 is 1.88 bits per heavy atom. The van der Waals surface area contributed by atoms with Gasteiger partial charge >= 0.3 is 6.03 Å². The Labute approximate surface area is 154 Å². The Balaban J connectivity index is 1.74. The van der Waals surface area contributed by atoms with Gasteiger partial charge in [-0.2, -0.15) is 5.26 Å². The van der Waals surface area contributed by atoms with E-state index in [1.807, 2.05) is 6.92 Å². The average Bonchev–Trinajstić information content (AvgIpc) is 2.89. The summed E-state index contributed by atoms with van der Waals surface area (Å²) >= 11 is 0. The molecule has 0 aromatic rings. The van der Waals surface area contributed by atoms with E-state index in [1.165, 1.54) is 4.90 Å². The van der Waals surface area contributed by atoms with E-state index in [9.17, 15) is 19.6 Å². The van der Waals surface area contributed by atoms with Gasteiger partial charge in [0.2, 0.25) is 5.91 Å². The first-order valence-electron chi connectivity index (χ1n) is 9.68. The number of nitrogens with one attached hydrogen (secondary N) is 1. The number of carbonyl (C=O) groups excluding carboxylic acids is 3. The van der Waals surface area contributed by atoms with Crippen LogP contribution in [0.15, 0.2) is 0 Å². The van der Waals surface area contributed by atoms with Crippen LogP contribution in [0.3, 0.4) is 0 Å². The SMILES string of the molecule is C[C@H]1CCCC[C@]12NC(=O)N(CC(=O)N(C)C1(C#N)CCCCC1)C2=O. The molecule has 2 atom stereocenters. The van der Waals surface area contributed by atoms with Gasteiger partial charge in [0.25, 0.3) is 5.91 Å². The zero-order valence-electron chi connectivity index (χ0n) is 15.7. The van der Waals surface area contributed by atoms with Crippen LogP contribution in [0.1, 0.15) is 64.7 Å². The molecule has 0 radical (unpaired) electrons. The van der Waals surface area contributed by atoms with Crippen LogP contribution in [0.2, 0.25) is 0 Å². The summed E-state index contributed by atoms with van der Waals surface area (Å²) in [6, 6.07) is 1.82. The quantitative estimate of drug-likeness (QED) is 0.781. The maximum absolute atomic E-state index is 13.0. The predicted molar refractivity (Wildman–Crippen MR) is 94.8 cm³/mol. The van der Waals surface area contributed by atoms with Gasteiger partial charge in [0, 0.05) is 7.05 Å². The molecule has 1 aliphatic heterocycles. The molecule has 1 spiro atoms. The van der Waals surface area contributed by atoms with E-state index in [0.717, 1.165) is 43.4 Å². The first-order chi connectivity index (χ1) is 12.4. The Kier molecular flexibility index (Phi) is 4.96. The van der Waals surface area contributed by atoms with Crippen molar-refractivity contribution in [3.8, 4) is 6.07 Å². The summed E-state index contributed by atoms with van der Waals surface area (Å²) in [5, 5.41) is 12.5. The number of nitrogens with zero attached hydrogens (tertiary/aromatic N) is 3. The number of nitriles is 1. The van der Waals surface area contributed by atoms with Crippen molar-refractivity contribution in [2.75, 3.05) is 13.6 Å². The number of likely N-dealkylation sites (N-methyl/N-ethyl adjacent to an activating group) is 1. The van der Waals surface area contributed by atoms with Crippen molar-refractivity contribution in [3.63, 3.8) is 0 Å². The second-order valence-corrected chi connectivity index (χ2v) is 8.10. The van der Waals surface area contributed by atoms with Crippen molar-refractivity contribution in [1.29, 1.82) is 5.26 Å². The molecule has 0 aromatic carbocycles. The van der Waals surface area contributed by atoms with Gasteiger partial charge in [-0.1, -0.05) is 39.0 Å². The van der Waals surface area contributed by atoms with E-state index in [0.29, 0.717) is 19.3 Å². The smallest absolute Gasteiger partial charge is 0.325 e. The highest BCUT2D eigenvalue weighted by atomic mass is 16.2. The van der Waals surface area contributed by atoms with Crippen LogP contribution >= 0.6 is 0 Å². The standard InChI is InChI=1S/C19H28N4O3/c1-14-8-4-7-11-19(14)16(25)23(17(26)21-19)12-15(24)22(2)18(13-20)9-5-3-6-10-18/h14H,3-12H2,1-2H3,(H,21,26)/t14-,19-/m0/s1. The zero-order chi connectivity index (χ0) is 18.9. The Hall–Kier alpha value is -2.10. The van der Waals surface area contributed by atoms with Crippen LogP contribution < -0.4 is 5.32 Å². The normalized spacial score (nSPS) is 30.8. The van der Waals surface area contributed by atoms with Gasteiger partial charge in [0.15, 0.2) is 0 Å². The lowest BCUT2D eigenvalue weighted by molar-refractivity contribution is -0.142. The van der Waals surface area contributed by atoms with E-state index in [4.69, 9.17) is 0 Å². The van der Waals surface area contributed by atoms with E-state index >= 15 is 0 Å². The lowest BCUT2D eigenvalue weighted by Gasteiger charge is -2.39. The summed E-state index contributed by atoms with van der Waals surface area (Å²) < 4.78 is 0. The molecule has 0 unspecified atom stereocenters.